The molecule has 0 spiro atoms. The Morgan fingerprint density at radius 3 is 2.40 bits per heavy atom. The van der Waals surface area contributed by atoms with Crippen LogP contribution in [-0.2, 0) is 4.74 Å². The Morgan fingerprint density at radius 1 is 1.33 bits per heavy atom. The van der Waals surface area contributed by atoms with E-state index < -0.39 is 0 Å². The third-order valence-corrected chi connectivity index (χ3v) is 3.49. The lowest BCUT2D eigenvalue weighted by atomic mass is 9.97. The van der Waals surface area contributed by atoms with Crippen LogP contribution in [0.15, 0.2) is 0 Å². The van der Waals surface area contributed by atoms with Gasteiger partial charge in [-0.1, -0.05) is 29.8 Å². The first-order valence-corrected chi connectivity index (χ1v) is 6.66. The Kier molecular flexibility index (Phi) is 9.81. The Hall–Kier alpha value is 0.360. The fourth-order valence-electron chi connectivity index (χ4n) is 1.43. The molecular formula is C11H24BrNO2. The van der Waals surface area contributed by atoms with Crippen LogP contribution < -0.4 is 0 Å². The van der Waals surface area contributed by atoms with Crippen LogP contribution in [-0.4, -0.2) is 55.3 Å². The Bertz CT molecular complexity index is 145. The van der Waals surface area contributed by atoms with E-state index in [9.17, 15) is 0 Å². The van der Waals surface area contributed by atoms with Gasteiger partial charge in [0.1, 0.15) is 0 Å². The van der Waals surface area contributed by atoms with Crippen molar-refractivity contribution in [1.29, 1.82) is 0 Å². The van der Waals surface area contributed by atoms with E-state index in [1.54, 1.807) is 7.11 Å². The minimum absolute atomic E-state index is 0.219. The maximum atomic E-state index is 8.97. The van der Waals surface area contributed by atoms with Gasteiger partial charge in [-0.25, -0.2) is 0 Å². The van der Waals surface area contributed by atoms with Crippen LogP contribution in [0, 0.1) is 11.8 Å². The molecule has 0 aliphatic carbocycles. The number of aliphatic hydroxyl groups excluding tert-OH is 1. The van der Waals surface area contributed by atoms with E-state index in [-0.39, 0.29) is 6.61 Å². The summed E-state index contributed by atoms with van der Waals surface area (Å²) in [6.45, 7) is 8.07. The topological polar surface area (TPSA) is 32.7 Å². The molecule has 0 fully saturated rings. The first-order valence-electron chi connectivity index (χ1n) is 5.53. The zero-order valence-electron chi connectivity index (χ0n) is 10.1. The Labute approximate surface area is 102 Å². The van der Waals surface area contributed by atoms with Crippen LogP contribution in [0.2, 0.25) is 0 Å². The maximum absolute atomic E-state index is 8.97. The zero-order valence-corrected chi connectivity index (χ0v) is 11.7. The SMILES string of the molecule is COCCN(CCO)CC(CBr)C(C)C. The van der Waals surface area contributed by atoms with Gasteiger partial charge in [0.05, 0.1) is 13.2 Å². The summed E-state index contributed by atoms with van der Waals surface area (Å²) in [4.78, 5) is 2.26. The Balaban J connectivity index is 3.99. The predicted molar refractivity (Wildman–Crippen MR) is 67.5 cm³/mol. The smallest absolute Gasteiger partial charge is 0.0589 e. The summed E-state index contributed by atoms with van der Waals surface area (Å²) in [6, 6.07) is 0. The summed E-state index contributed by atoms with van der Waals surface area (Å²) in [7, 11) is 1.71. The number of halogens is 1. The molecule has 0 bridgehead atoms. The molecule has 0 saturated carbocycles. The number of ether oxygens (including phenoxy) is 1. The largest absolute Gasteiger partial charge is 0.395 e. The van der Waals surface area contributed by atoms with Crippen molar-refractivity contribution >= 4 is 15.9 Å². The molecule has 0 aliphatic heterocycles. The molecular weight excluding hydrogens is 258 g/mol. The number of aliphatic hydroxyl groups is 1. The predicted octanol–water partition coefficient (Wildman–Crippen LogP) is 1.59. The highest BCUT2D eigenvalue weighted by atomic mass is 79.9. The molecule has 3 nitrogen and oxygen atoms in total. The minimum atomic E-state index is 0.219. The van der Waals surface area contributed by atoms with Crippen molar-refractivity contribution in [2.24, 2.45) is 11.8 Å². The molecule has 0 aliphatic rings. The second-order valence-electron chi connectivity index (χ2n) is 4.18. The minimum Gasteiger partial charge on any atom is -0.395 e. The van der Waals surface area contributed by atoms with Crippen LogP contribution in [0.5, 0.6) is 0 Å². The van der Waals surface area contributed by atoms with E-state index in [4.69, 9.17) is 9.84 Å². The summed E-state index contributed by atoms with van der Waals surface area (Å²) in [5.41, 5.74) is 0. The number of methoxy groups -OCH3 is 1. The van der Waals surface area contributed by atoms with E-state index in [1.807, 2.05) is 0 Å². The summed E-state index contributed by atoms with van der Waals surface area (Å²) < 4.78 is 5.06. The van der Waals surface area contributed by atoms with Crippen LogP contribution in [0.4, 0.5) is 0 Å². The van der Waals surface area contributed by atoms with Crippen molar-refractivity contribution in [2.45, 2.75) is 13.8 Å². The van der Waals surface area contributed by atoms with Crippen LogP contribution in [0.25, 0.3) is 0 Å². The molecule has 0 radical (unpaired) electrons. The molecule has 1 atom stereocenters. The highest BCUT2D eigenvalue weighted by molar-refractivity contribution is 9.09. The van der Waals surface area contributed by atoms with E-state index >= 15 is 0 Å². The Morgan fingerprint density at radius 2 is 2.00 bits per heavy atom. The van der Waals surface area contributed by atoms with Gasteiger partial charge in [0, 0.05) is 32.1 Å². The zero-order chi connectivity index (χ0) is 11.7. The lowest BCUT2D eigenvalue weighted by Crippen LogP contribution is -2.36. The molecule has 1 N–H and O–H groups in total. The maximum Gasteiger partial charge on any atom is 0.0589 e. The second-order valence-corrected chi connectivity index (χ2v) is 4.82. The highest BCUT2D eigenvalue weighted by Gasteiger charge is 2.15. The van der Waals surface area contributed by atoms with Gasteiger partial charge in [-0.3, -0.25) is 4.90 Å². The van der Waals surface area contributed by atoms with Crippen molar-refractivity contribution < 1.29 is 9.84 Å². The molecule has 0 amide bonds. The molecule has 1 unspecified atom stereocenters. The number of hydrogen-bond acceptors (Lipinski definition) is 3. The summed E-state index contributed by atoms with van der Waals surface area (Å²) in [6.07, 6.45) is 0. The second kappa shape index (κ2) is 9.58. The van der Waals surface area contributed by atoms with Crippen LogP contribution in [0.3, 0.4) is 0 Å². The first kappa shape index (κ1) is 15.4. The van der Waals surface area contributed by atoms with Crippen LogP contribution >= 0.6 is 15.9 Å². The number of hydrogen-bond donors (Lipinski definition) is 1. The third kappa shape index (κ3) is 7.28. The van der Waals surface area contributed by atoms with Gasteiger partial charge in [-0.2, -0.15) is 0 Å². The highest BCUT2D eigenvalue weighted by Crippen LogP contribution is 2.15. The molecule has 92 valence electrons. The standard InChI is InChI=1S/C11H24BrNO2/c1-10(2)11(8-12)9-13(4-6-14)5-7-15-3/h10-11,14H,4-9H2,1-3H3. The van der Waals surface area contributed by atoms with Gasteiger partial charge in [-0.15, -0.1) is 0 Å². The molecule has 4 heteroatoms. The summed E-state index contributed by atoms with van der Waals surface area (Å²) in [5, 5.41) is 9.98. The fourth-order valence-corrected chi connectivity index (χ4v) is 2.38. The molecule has 0 heterocycles. The fraction of sp³-hybridized carbons (Fsp3) is 1.00. The van der Waals surface area contributed by atoms with Gasteiger partial charge in [-0.05, 0) is 11.8 Å². The third-order valence-electron chi connectivity index (χ3n) is 2.66. The van der Waals surface area contributed by atoms with Gasteiger partial charge in [0.2, 0.25) is 0 Å². The van der Waals surface area contributed by atoms with E-state index in [0.29, 0.717) is 11.8 Å². The summed E-state index contributed by atoms with van der Waals surface area (Å²) >= 11 is 3.54. The van der Waals surface area contributed by atoms with Crippen molar-refractivity contribution in [3.63, 3.8) is 0 Å². The molecule has 0 aromatic carbocycles. The molecule has 0 aromatic rings. The lowest BCUT2D eigenvalue weighted by molar-refractivity contribution is 0.116. The van der Waals surface area contributed by atoms with E-state index in [2.05, 4.69) is 34.7 Å². The molecule has 15 heavy (non-hydrogen) atoms. The average Bonchev–Trinajstić information content (AvgIpc) is 2.21. The van der Waals surface area contributed by atoms with Crippen molar-refractivity contribution in [3.8, 4) is 0 Å². The summed E-state index contributed by atoms with van der Waals surface area (Å²) in [5.74, 6) is 1.29. The average molecular weight is 282 g/mol. The van der Waals surface area contributed by atoms with Gasteiger partial charge >= 0.3 is 0 Å². The van der Waals surface area contributed by atoms with Crippen molar-refractivity contribution in [1.82, 2.24) is 4.90 Å². The van der Waals surface area contributed by atoms with Gasteiger partial charge < -0.3 is 9.84 Å². The number of rotatable bonds is 9. The number of nitrogens with zero attached hydrogens (tertiary/aromatic N) is 1. The molecule has 0 saturated heterocycles. The van der Waals surface area contributed by atoms with Crippen LogP contribution in [0.1, 0.15) is 13.8 Å². The van der Waals surface area contributed by atoms with E-state index in [0.717, 1.165) is 31.6 Å². The van der Waals surface area contributed by atoms with Crippen molar-refractivity contribution in [3.05, 3.63) is 0 Å². The van der Waals surface area contributed by atoms with Gasteiger partial charge in [0.25, 0.3) is 0 Å². The van der Waals surface area contributed by atoms with Gasteiger partial charge in [0.15, 0.2) is 0 Å². The molecule has 0 rings (SSSR count). The van der Waals surface area contributed by atoms with E-state index in [1.165, 1.54) is 0 Å². The quantitative estimate of drug-likeness (QED) is 0.652. The number of alkyl halides is 1. The van der Waals surface area contributed by atoms with Crippen molar-refractivity contribution in [2.75, 3.05) is 45.3 Å². The normalized spacial score (nSPS) is 13.8. The molecule has 0 aromatic heterocycles. The first-order chi connectivity index (χ1) is 7.15. The lowest BCUT2D eigenvalue weighted by Gasteiger charge is -2.27. The monoisotopic (exact) mass is 281 g/mol.